The second kappa shape index (κ2) is 8.21. The molecule has 0 bridgehead atoms. The maximum absolute atomic E-state index is 12.6. The molecule has 0 aromatic heterocycles. The van der Waals surface area contributed by atoms with Gasteiger partial charge >= 0.3 is 0 Å². The molecule has 0 radical (unpaired) electrons. The van der Waals surface area contributed by atoms with Crippen molar-refractivity contribution in [3.63, 3.8) is 0 Å². The average molecular weight is 312 g/mol. The summed E-state index contributed by atoms with van der Waals surface area (Å²) < 4.78 is 48.4. The lowest BCUT2D eigenvalue weighted by Crippen LogP contribution is -2.68. The highest BCUT2D eigenvalue weighted by Crippen LogP contribution is 2.17. The molecule has 0 fully saturated rings. The van der Waals surface area contributed by atoms with Gasteiger partial charge in [-0.05, 0) is 17.7 Å². The lowest BCUT2D eigenvalue weighted by molar-refractivity contribution is -2.00. The Labute approximate surface area is 117 Å². The SMILES string of the molecule is C[N+](C)=C/C=C(\Cl)c1ccc(F)cc1.[O-][Cl+3]([O-])([O-])[O-]. The van der Waals surface area contributed by atoms with E-state index in [0.29, 0.717) is 5.03 Å². The average Bonchev–Trinajstić information content (AvgIpc) is 2.24. The highest BCUT2D eigenvalue weighted by molar-refractivity contribution is 6.49. The molecule has 5 nitrogen and oxygen atoms in total. The van der Waals surface area contributed by atoms with Gasteiger partial charge in [0.15, 0.2) is 6.21 Å². The van der Waals surface area contributed by atoms with E-state index in [1.165, 1.54) is 12.1 Å². The third-order valence-electron chi connectivity index (χ3n) is 1.64. The largest absolute Gasteiger partial charge is 0.241 e. The second-order valence-corrected chi connectivity index (χ2v) is 4.68. The predicted molar refractivity (Wildman–Crippen MR) is 58.4 cm³/mol. The fraction of sp³-hybridized carbons (Fsp3) is 0.182. The monoisotopic (exact) mass is 311 g/mol. The smallest absolute Gasteiger partial charge is 0.164 e. The molecule has 8 heteroatoms. The van der Waals surface area contributed by atoms with Gasteiger partial charge in [0.1, 0.15) is 19.9 Å². The van der Waals surface area contributed by atoms with Crippen molar-refractivity contribution in [1.82, 2.24) is 0 Å². The minimum absolute atomic E-state index is 0.255. The van der Waals surface area contributed by atoms with E-state index in [2.05, 4.69) is 0 Å². The molecule has 0 spiro atoms. The van der Waals surface area contributed by atoms with Gasteiger partial charge in [0, 0.05) is 6.08 Å². The van der Waals surface area contributed by atoms with E-state index in [9.17, 15) is 4.39 Å². The number of halogens is 3. The summed E-state index contributed by atoms with van der Waals surface area (Å²) in [5.41, 5.74) is 0.811. The Balaban J connectivity index is 0.000000555. The summed E-state index contributed by atoms with van der Waals surface area (Å²) in [4.78, 5) is 0. The molecule has 0 aliphatic heterocycles. The summed E-state index contributed by atoms with van der Waals surface area (Å²) in [5, 5.41) is 0.596. The van der Waals surface area contributed by atoms with E-state index in [4.69, 9.17) is 30.2 Å². The molecule has 0 unspecified atom stereocenters. The van der Waals surface area contributed by atoms with Crippen LogP contribution in [0.25, 0.3) is 5.03 Å². The summed E-state index contributed by atoms with van der Waals surface area (Å²) in [5.74, 6) is -0.255. The first kappa shape index (κ1) is 18.0. The first-order valence-corrected chi connectivity index (χ1v) is 6.45. The van der Waals surface area contributed by atoms with Gasteiger partial charge in [-0.25, -0.2) is 27.6 Å². The molecule has 1 aromatic rings. The zero-order valence-corrected chi connectivity index (χ0v) is 11.7. The van der Waals surface area contributed by atoms with Crippen LogP contribution in [0.4, 0.5) is 4.39 Å². The quantitative estimate of drug-likeness (QED) is 0.466. The summed E-state index contributed by atoms with van der Waals surface area (Å²) in [7, 11) is -1.13. The van der Waals surface area contributed by atoms with Crippen molar-refractivity contribution in [2.24, 2.45) is 0 Å². The zero-order chi connectivity index (χ0) is 15.1. The van der Waals surface area contributed by atoms with E-state index >= 15 is 0 Å². The first-order valence-electron chi connectivity index (χ1n) is 4.84. The molecule has 106 valence electrons. The fourth-order valence-electron chi connectivity index (χ4n) is 0.920. The van der Waals surface area contributed by atoms with Crippen molar-refractivity contribution in [3.8, 4) is 0 Å². The number of allylic oxidation sites excluding steroid dienone is 1. The summed E-state index contributed by atoms with van der Waals surface area (Å²) in [6.45, 7) is 0. The van der Waals surface area contributed by atoms with E-state index in [1.807, 2.05) is 24.9 Å². The molecule has 0 heterocycles. The van der Waals surface area contributed by atoms with Gasteiger partial charge in [0.2, 0.25) is 0 Å². The van der Waals surface area contributed by atoms with Crippen LogP contribution in [0, 0.1) is 16.1 Å². The van der Waals surface area contributed by atoms with Crippen LogP contribution < -0.4 is 18.6 Å². The molecule has 0 saturated heterocycles. The van der Waals surface area contributed by atoms with E-state index in [-0.39, 0.29) is 5.82 Å². The first-order chi connectivity index (χ1) is 8.59. The Morgan fingerprint density at radius 1 is 1.16 bits per heavy atom. The van der Waals surface area contributed by atoms with Crippen molar-refractivity contribution in [3.05, 3.63) is 41.7 Å². The Kier molecular flexibility index (Phi) is 7.77. The van der Waals surface area contributed by atoms with Gasteiger partial charge in [-0.2, -0.15) is 0 Å². The molecule has 0 saturated carbocycles. The summed E-state index contributed by atoms with van der Waals surface area (Å²) in [6, 6.07) is 6.08. The lowest BCUT2D eigenvalue weighted by Gasteiger charge is -2.17. The Bertz CT molecular complexity index is 445. The van der Waals surface area contributed by atoms with E-state index in [1.54, 1.807) is 18.2 Å². The zero-order valence-electron chi connectivity index (χ0n) is 10.2. The van der Waals surface area contributed by atoms with Gasteiger partial charge in [0.05, 0.1) is 5.03 Å². The third-order valence-corrected chi connectivity index (χ3v) is 1.98. The van der Waals surface area contributed by atoms with Crippen molar-refractivity contribution in [2.75, 3.05) is 14.1 Å². The number of hydrogen-bond donors (Lipinski definition) is 0. The third kappa shape index (κ3) is 11.8. The van der Waals surface area contributed by atoms with Crippen LogP contribution in [0.15, 0.2) is 30.3 Å². The number of hydrogen-bond acceptors (Lipinski definition) is 4. The standard InChI is InChI=1S/C11H12ClFN.ClHO4/c1-14(2)8-7-11(12)9-3-5-10(13)6-4-9;2-1(3,4)5/h3-8H,1-2H3;(H,2,3,4,5)/q+1;/p-1/b11-7-;. The molecule has 1 rings (SSSR count). The number of nitrogens with zero attached hydrogens (tertiary/aromatic N) is 1. The lowest BCUT2D eigenvalue weighted by atomic mass is 10.2. The van der Waals surface area contributed by atoms with Crippen molar-refractivity contribution in [1.29, 1.82) is 0 Å². The fourth-order valence-corrected chi connectivity index (χ4v) is 1.10. The maximum Gasteiger partial charge on any atom is 0.164 e. The van der Waals surface area contributed by atoms with Gasteiger partial charge < -0.3 is 0 Å². The predicted octanol–water partition coefficient (Wildman–Crippen LogP) is -2.01. The summed E-state index contributed by atoms with van der Waals surface area (Å²) in [6.07, 6.45) is 3.61. The van der Waals surface area contributed by atoms with Gasteiger partial charge in [-0.3, -0.25) is 0 Å². The highest BCUT2D eigenvalue weighted by Gasteiger charge is 1.97. The molecule has 0 amide bonds. The van der Waals surface area contributed by atoms with Crippen LogP contribution in [-0.2, 0) is 0 Å². The number of rotatable bonds is 2. The van der Waals surface area contributed by atoms with Gasteiger partial charge in [0.25, 0.3) is 0 Å². The van der Waals surface area contributed by atoms with Crippen LogP contribution in [0.5, 0.6) is 0 Å². The normalized spacial score (nSPS) is 11.5. The Hall–Kier alpha value is -1.02. The minimum Gasteiger partial charge on any atom is -0.241 e. The minimum atomic E-state index is -4.94. The molecule has 0 atom stereocenters. The second-order valence-electron chi connectivity index (χ2n) is 3.51. The molecular weight excluding hydrogens is 300 g/mol. The van der Waals surface area contributed by atoms with Crippen molar-refractivity contribution >= 4 is 22.8 Å². The Morgan fingerprint density at radius 3 is 1.95 bits per heavy atom. The van der Waals surface area contributed by atoms with Gasteiger partial charge in [-0.1, -0.05) is 23.7 Å². The van der Waals surface area contributed by atoms with Crippen molar-refractivity contribution in [2.45, 2.75) is 0 Å². The van der Waals surface area contributed by atoms with Crippen LogP contribution in [-0.4, -0.2) is 24.9 Å². The summed E-state index contributed by atoms with van der Waals surface area (Å²) >= 11 is 5.98. The van der Waals surface area contributed by atoms with E-state index in [0.717, 1.165) is 5.56 Å². The molecule has 0 aliphatic rings. The van der Waals surface area contributed by atoms with Crippen LogP contribution in [0.1, 0.15) is 5.56 Å². The Morgan fingerprint density at radius 2 is 1.58 bits per heavy atom. The van der Waals surface area contributed by atoms with Gasteiger partial charge in [-0.15, -0.1) is 10.2 Å². The topological polar surface area (TPSA) is 95.2 Å². The molecular formula is C11H12Cl2FNO4. The van der Waals surface area contributed by atoms with Crippen LogP contribution >= 0.6 is 11.6 Å². The van der Waals surface area contributed by atoms with Crippen molar-refractivity contribution < 1.29 is 37.8 Å². The molecule has 1 aromatic carbocycles. The van der Waals surface area contributed by atoms with Crippen LogP contribution in [0.3, 0.4) is 0 Å². The molecule has 0 N–H and O–H groups in total. The molecule has 19 heavy (non-hydrogen) atoms. The van der Waals surface area contributed by atoms with Crippen LogP contribution in [0.2, 0.25) is 0 Å². The molecule has 0 aliphatic carbocycles. The highest BCUT2D eigenvalue weighted by atomic mass is 35.7. The number of benzene rings is 1. The maximum atomic E-state index is 12.6. The van der Waals surface area contributed by atoms with E-state index < -0.39 is 10.2 Å².